The minimum Gasteiger partial charge on any atom is -0.481 e. The van der Waals surface area contributed by atoms with Crippen LogP contribution >= 0.6 is 0 Å². The first kappa shape index (κ1) is 17.9. The number of carbonyl (C=O) groups excluding carboxylic acids is 1. The number of rotatable bonds is 3. The van der Waals surface area contributed by atoms with Crippen LogP contribution in [0.4, 0.5) is 4.39 Å². The molecule has 1 amide bonds. The topological polar surface area (TPSA) is 66.8 Å². The molecule has 1 saturated heterocycles. The lowest BCUT2D eigenvalue weighted by Crippen LogP contribution is -2.48. The molecule has 1 aromatic rings. The molecule has 2 unspecified atom stereocenters. The van der Waals surface area contributed by atoms with Crippen LogP contribution in [0.15, 0.2) is 24.3 Å². The van der Waals surface area contributed by atoms with E-state index >= 15 is 0 Å². The van der Waals surface area contributed by atoms with E-state index in [0.29, 0.717) is 38.8 Å². The molecule has 0 aromatic heterocycles. The van der Waals surface area contributed by atoms with Crippen molar-refractivity contribution in [2.24, 2.45) is 11.8 Å². The molecule has 25 heavy (non-hydrogen) atoms. The highest BCUT2D eigenvalue weighted by Gasteiger charge is 2.35. The van der Waals surface area contributed by atoms with Crippen molar-refractivity contribution in [3.63, 3.8) is 0 Å². The summed E-state index contributed by atoms with van der Waals surface area (Å²) in [6, 6.07) is 6.19. The zero-order valence-corrected chi connectivity index (χ0v) is 14.4. The Morgan fingerprint density at radius 2 is 1.68 bits per heavy atom. The summed E-state index contributed by atoms with van der Waals surface area (Å²) in [4.78, 5) is 25.8. The summed E-state index contributed by atoms with van der Waals surface area (Å²) >= 11 is 0. The molecule has 136 valence electrons. The standard InChI is InChI=1S/C19H24FNO4/c1-12-10-21(11-17(25-12)13-6-8-16(20)9-7-13)18(22)14-2-4-15(5-3-14)19(23)24/h6-9,12,14-15,17H,2-5,10-11H2,1H3,(H,23,24). The van der Waals surface area contributed by atoms with E-state index in [2.05, 4.69) is 0 Å². The molecule has 0 spiro atoms. The Morgan fingerprint density at radius 3 is 2.28 bits per heavy atom. The Labute approximate surface area is 146 Å². The van der Waals surface area contributed by atoms with Crippen molar-refractivity contribution < 1.29 is 23.8 Å². The predicted molar refractivity (Wildman–Crippen MR) is 89.4 cm³/mol. The predicted octanol–water partition coefficient (Wildman–Crippen LogP) is 3.01. The van der Waals surface area contributed by atoms with Gasteiger partial charge in [0.05, 0.1) is 18.6 Å². The van der Waals surface area contributed by atoms with Crippen LogP contribution < -0.4 is 0 Å². The normalized spacial score (nSPS) is 30.1. The van der Waals surface area contributed by atoms with Crippen molar-refractivity contribution in [2.75, 3.05) is 13.1 Å². The third-order valence-electron chi connectivity index (χ3n) is 5.24. The largest absolute Gasteiger partial charge is 0.481 e. The van der Waals surface area contributed by atoms with Crippen molar-refractivity contribution in [3.05, 3.63) is 35.6 Å². The second kappa shape index (κ2) is 7.52. The molecular weight excluding hydrogens is 325 g/mol. The van der Waals surface area contributed by atoms with Crippen LogP contribution in [0.5, 0.6) is 0 Å². The van der Waals surface area contributed by atoms with Gasteiger partial charge in [0.15, 0.2) is 0 Å². The molecule has 3 rings (SSSR count). The van der Waals surface area contributed by atoms with Gasteiger partial charge in [0.25, 0.3) is 0 Å². The van der Waals surface area contributed by atoms with E-state index in [1.165, 1.54) is 12.1 Å². The lowest BCUT2D eigenvalue weighted by Gasteiger charge is -2.39. The number of amides is 1. The molecule has 1 heterocycles. The van der Waals surface area contributed by atoms with Crippen molar-refractivity contribution >= 4 is 11.9 Å². The van der Waals surface area contributed by atoms with Gasteiger partial charge in [-0.3, -0.25) is 9.59 Å². The van der Waals surface area contributed by atoms with Crippen molar-refractivity contribution in [1.82, 2.24) is 4.90 Å². The third-order valence-corrected chi connectivity index (χ3v) is 5.24. The average molecular weight is 349 g/mol. The first-order valence-corrected chi connectivity index (χ1v) is 8.86. The second-order valence-electron chi connectivity index (χ2n) is 7.12. The number of hydrogen-bond acceptors (Lipinski definition) is 3. The number of hydrogen-bond donors (Lipinski definition) is 1. The highest BCUT2D eigenvalue weighted by Crippen LogP contribution is 2.32. The molecule has 6 heteroatoms. The van der Waals surface area contributed by atoms with Gasteiger partial charge in [-0.05, 0) is 50.3 Å². The van der Waals surface area contributed by atoms with Crippen LogP contribution in [0.25, 0.3) is 0 Å². The van der Waals surface area contributed by atoms with Crippen molar-refractivity contribution in [1.29, 1.82) is 0 Å². The Balaban J connectivity index is 1.64. The van der Waals surface area contributed by atoms with Gasteiger partial charge in [0, 0.05) is 12.5 Å². The lowest BCUT2D eigenvalue weighted by atomic mass is 9.81. The number of carboxylic acids is 1. The van der Waals surface area contributed by atoms with Gasteiger partial charge < -0.3 is 14.7 Å². The van der Waals surface area contributed by atoms with E-state index in [4.69, 9.17) is 9.84 Å². The van der Waals surface area contributed by atoms with E-state index in [0.717, 1.165) is 5.56 Å². The minimum atomic E-state index is -0.762. The Hall–Kier alpha value is -1.95. The van der Waals surface area contributed by atoms with Gasteiger partial charge >= 0.3 is 5.97 Å². The summed E-state index contributed by atoms with van der Waals surface area (Å²) in [5.74, 6) is -1.39. The highest BCUT2D eigenvalue weighted by molar-refractivity contribution is 5.79. The highest BCUT2D eigenvalue weighted by atomic mass is 19.1. The molecule has 2 aliphatic rings. The quantitative estimate of drug-likeness (QED) is 0.911. The zero-order chi connectivity index (χ0) is 18.0. The Bertz CT molecular complexity index is 625. The summed E-state index contributed by atoms with van der Waals surface area (Å²) in [7, 11) is 0. The van der Waals surface area contributed by atoms with Crippen molar-refractivity contribution in [3.8, 4) is 0 Å². The fourth-order valence-corrected chi connectivity index (χ4v) is 3.84. The summed E-state index contributed by atoms with van der Waals surface area (Å²) in [5, 5.41) is 9.09. The summed E-state index contributed by atoms with van der Waals surface area (Å²) in [5.41, 5.74) is 0.861. The second-order valence-corrected chi connectivity index (χ2v) is 7.12. The monoisotopic (exact) mass is 349 g/mol. The molecule has 0 radical (unpaired) electrons. The molecule has 1 N–H and O–H groups in total. The van der Waals surface area contributed by atoms with Crippen LogP contribution in [0.1, 0.15) is 44.3 Å². The van der Waals surface area contributed by atoms with Gasteiger partial charge in [-0.1, -0.05) is 12.1 Å². The van der Waals surface area contributed by atoms with Gasteiger partial charge in [-0.15, -0.1) is 0 Å². The maximum absolute atomic E-state index is 13.1. The molecule has 0 bridgehead atoms. The summed E-state index contributed by atoms with van der Waals surface area (Å²) < 4.78 is 19.1. The molecule has 2 atom stereocenters. The molecule has 2 fully saturated rings. The number of nitrogens with zero attached hydrogens (tertiary/aromatic N) is 1. The number of halogens is 1. The van der Waals surface area contributed by atoms with Crippen LogP contribution in [0.2, 0.25) is 0 Å². The number of carbonyl (C=O) groups is 2. The number of benzene rings is 1. The smallest absolute Gasteiger partial charge is 0.306 e. The lowest BCUT2D eigenvalue weighted by molar-refractivity contribution is -0.152. The maximum Gasteiger partial charge on any atom is 0.306 e. The maximum atomic E-state index is 13.1. The first-order chi connectivity index (χ1) is 11.9. The number of aliphatic carboxylic acids is 1. The molecule has 1 aliphatic heterocycles. The van der Waals surface area contributed by atoms with Gasteiger partial charge in [0.1, 0.15) is 11.9 Å². The fraction of sp³-hybridized carbons (Fsp3) is 0.579. The van der Waals surface area contributed by atoms with Crippen LogP contribution in [-0.2, 0) is 14.3 Å². The van der Waals surface area contributed by atoms with E-state index < -0.39 is 5.97 Å². The Morgan fingerprint density at radius 1 is 1.08 bits per heavy atom. The van der Waals surface area contributed by atoms with Crippen LogP contribution in [-0.4, -0.2) is 41.1 Å². The first-order valence-electron chi connectivity index (χ1n) is 8.86. The van der Waals surface area contributed by atoms with Crippen LogP contribution in [0, 0.1) is 17.7 Å². The van der Waals surface area contributed by atoms with Gasteiger partial charge in [-0.25, -0.2) is 4.39 Å². The number of ether oxygens (including phenoxy) is 1. The third kappa shape index (κ3) is 4.18. The summed E-state index contributed by atoms with van der Waals surface area (Å²) in [6.45, 7) is 2.92. The zero-order valence-electron chi connectivity index (χ0n) is 14.4. The van der Waals surface area contributed by atoms with Gasteiger partial charge in [0.2, 0.25) is 5.91 Å². The van der Waals surface area contributed by atoms with Gasteiger partial charge in [-0.2, -0.15) is 0 Å². The molecule has 1 aromatic carbocycles. The number of carboxylic acid groups (broad SMARTS) is 1. The van der Waals surface area contributed by atoms with E-state index in [-0.39, 0.29) is 35.8 Å². The van der Waals surface area contributed by atoms with Crippen LogP contribution in [0.3, 0.4) is 0 Å². The minimum absolute atomic E-state index is 0.0890. The van der Waals surface area contributed by atoms with E-state index in [1.54, 1.807) is 12.1 Å². The molecule has 5 nitrogen and oxygen atoms in total. The molecule has 1 saturated carbocycles. The number of morpholine rings is 1. The van der Waals surface area contributed by atoms with Crippen molar-refractivity contribution in [2.45, 2.75) is 44.8 Å². The average Bonchev–Trinajstić information content (AvgIpc) is 2.61. The molecular formula is C19H24FNO4. The fourth-order valence-electron chi connectivity index (χ4n) is 3.84. The summed E-state index contributed by atoms with van der Waals surface area (Å²) in [6.07, 6.45) is 2.03. The van der Waals surface area contributed by atoms with E-state index in [9.17, 15) is 14.0 Å². The molecule has 1 aliphatic carbocycles. The van der Waals surface area contributed by atoms with E-state index in [1.807, 2.05) is 11.8 Å². The SMILES string of the molecule is CC1CN(C(=O)C2CCC(C(=O)O)CC2)CC(c2ccc(F)cc2)O1. The Kier molecular flexibility index (Phi) is 5.37.